The number of nitrogens with zero attached hydrogens (tertiary/aromatic N) is 1. The Hall–Kier alpha value is -2.56. The number of benzene rings is 1. The number of carbonyl (C=O) groups is 1. The molecule has 0 aliphatic heterocycles. The molecule has 2 rings (SSSR count). The van der Waals surface area contributed by atoms with E-state index in [1.54, 1.807) is 12.1 Å². The Balaban J connectivity index is 1.88. The van der Waals surface area contributed by atoms with Crippen molar-refractivity contribution in [3.05, 3.63) is 54.2 Å². The van der Waals surface area contributed by atoms with Crippen LogP contribution in [-0.4, -0.2) is 11.1 Å². The van der Waals surface area contributed by atoms with Gasteiger partial charge in [-0.1, -0.05) is 30.3 Å². The molecule has 0 aliphatic carbocycles. The van der Waals surface area contributed by atoms with Crippen molar-refractivity contribution >= 4 is 11.9 Å². The fourth-order valence-corrected chi connectivity index (χ4v) is 1.40. The molecular weight excluding hydrogens is 230 g/mol. The van der Waals surface area contributed by atoms with Gasteiger partial charge in [-0.15, -0.1) is 0 Å². The van der Waals surface area contributed by atoms with E-state index >= 15 is 0 Å². The molecule has 0 atom stereocenters. The van der Waals surface area contributed by atoms with Crippen molar-refractivity contribution in [2.75, 3.05) is 5.73 Å². The molecule has 92 valence electrons. The van der Waals surface area contributed by atoms with Gasteiger partial charge in [0.25, 0.3) is 0 Å². The van der Waals surface area contributed by atoms with E-state index in [0.717, 1.165) is 5.56 Å². The number of hydrogen-bond donors (Lipinski definition) is 2. The zero-order valence-corrected chi connectivity index (χ0v) is 9.67. The molecule has 0 saturated carbocycles. The zero-order valence-electron chi connectivity index (χ0n) is 9.67. The molecular formula is C13H13N3O2. The van der Waals surface area contributed by atoms with Gasteiger partial charge in [0.15, 0.2) is 11.6 Å². The van der Waals surface area contributed by atoms with Crippen LogP contribution in [0.25, 0.3) is 0 Å². The maximum absolute atomic E-state index is 11.5. The highest BCUT2D eigenvalue weighted by Crippen LogP contribution is 2.16. The molecule has 1 aromatic heterocycles. The number of ether oxygens (including phenoxy) is 1. The van der Waals surface area contributed by atoms with Gasteiger partial charge in [0.05, 0.1) is 0 Å². The van der Waals surface area contributed by atoms with Gasteiger partial charge in [-0.25, -0.2) is 9.78 Å². The van der Waals surface area contributed by atoms with E-state index < -0.39 is 6.09 Å². The molecule has 0 radical (unpaired) electrons. The Labute approximate surface area is 105 Å². The molecule has 0 fully saturated rings. The summed E-state index contributed by atoms with van der Waals surface area (Å²) in [7, 11) is 0. The fourth-order valence-electron chi connectivity index (χ4n) is 1.40. The highest BCUT2D eigenvalue weighted by atomic mass is 16.6. The number of anilines is 1. The molecule has 0 spiro atoms. The summed E-state index contributed by atoms with van der Waals surface area (Å²) in [6, 6.07) is 12.8. The number of nitrogen functional groups attached to an aromatic ring is 1. The summed E-state index contributed by atoms with van der Waals surface area (Å²) >= 11 is 0. The lowest BCUT2D eigenvalue weighted by Gasteiger charge is -2.07. The molecule has 0 bridgehead atoms. The van der Waals surface area contributed by atoms with Gasteiger partial charge in [-0.05, 0) is 17.7 Å². The predicted molar refractivity (Wildman–Crippen MR) is 68.0 cm³/mol. The number of rotatable bonds is 3. The summed E-state index contributed by atoms with van der Waals surface area (Å²) in [6.45, 7) is 0.403. The van der Waals surface area contributed by atoms with Crippen LogP contribution < -0.4 is 15.8 Å². The Morgan fingerprint density at radius 1 is 1.22 bits per heavy atom. The Morgan fingerprint density at radius 3 is 2.72 bits per heavy atom. The summed E-state index contributed by atoms with van der Waals surface area (Å²) in [6.07, 6.45) is 0.975. The molecule has 2 aromatic rings. The zero-order chi connectivity index (χ0) is 12.8. The van der Waals surface area contributed by atoms with Gasteiger partial charge in [0.2, 0.25) is 0 Å². The highest BCUT2D eigenvalue weighted by molar-refractivity contribution is 5.72. The molecule has 3 N–H and O–H groups in total. The van der Waals surface area contributed by atoms with Crippen molar-refractivity contribution in [2.24, 2.45) is 0 Å². The first-order chi connectivity index (χ1) is 8.75. The third-order valence-corrected chi connectivity index (χ3v) is 2.28. The van der Waals surface area contributed by atoms with Crippen molar-refractivity contribution in [3.8, 4) is 5.75 Å². The second-order valence-electron chi connectivity index (χ2n) is 3.62. The van der Waals surface area contributed by atoms with Gasteiger partial charge in [-0.2, -0.15) is 0 Å². The quantitative estimate of drug-likeness (QED) is 0.863. The van der Waals surface area contributed by atoms with Gasteiger partial charge in [0.1, 0.15) is 0 Å². The van der Waals surface area contributed by atoms with E-state index in [1.165, 1.54) is 6.20 Å². The van der Waals surface area contributed by atoms with Crippen LogP contribution in [0.5, 0.6) is 5.75 Å². The largest absolute Gasteiger partial charge is 0.413 e. The molecule has 1 heterocycles. The number of hydrogen-bond acceptors (Lipinski definition) is 4. The number of nitrogens with one attached hydrogen (secondary N) is 1. The van der Waals surface area contributed by atoms with Crippen LogP contribution in [0.2, 0.25) is 0 Å². The Morgan fingerprint density at radius 2 is 2.00 bits per heavy atom. The minimum absolute atomic E-state index is 0.187. The number of pyridine rings is 1. The minimum Gasteiger partial charge on any atom is -0.406 e. The summed E-state index contributed by atoms with van der Waals surface area (Å²) in [4.78, 5) is 15.3. The minimum atomic E-state index is -0.557. The number of carbonyl (C=O) groups excluding carboxylic acids is 1. The van der Waals surface area contributed by atoms with Gasteiger partial charge < -0.3 is 15.8 Å². The van der Waals surface area contributed by atoms with E-state index in [2.05, 4.69) is 10.3 Å². The van der Waals surface area contributed by atoms with Crippen LogP contribution in [0.4, 0.5) is 10.6 Å². The highest BCUT2D eigenvalue weighted by Gasteiger charge is 2.07. The lowest BCUT2D eigenvalue weighted by Crippen LogP contribution is -2.26. The SMILES string of the molecule is Nc1ncccc1OC(=O)NCc1ccccc1. The number of aromatic nitrogens is 1. The van der Waals surface area contributed by atoms with E-state index in [0.29, 0.717) is 6.54 Å². The standard InChI is InChI=1S/C13H13N3O2/c14-12-11(7-4-8-15-12)18-13(17)16-9-10-5-2-1-3-6-10/h1-8H,9H2,(H2,14,15)(H,16,17). The normalized spacial score (nSPS) is 9.78. The maximum Gasteiger partial charge on any atom is 0.413 e. The second-order valence-corrected chi connectivity index (χ2v) is 3.62. The smallest absolute Gasteiger partial charge is 0.406 e. The summed E-state index contributed by atoms with van der Waals surface area (Å²) in [5, 5.41) is 2.63. The Bertz CT molecular complexity index is 529. The molecule has 0 aliphatic rings. The van der Waals surface area contributed by atoms with Crippen molar-refractivity contribution in [1.82, 2.24) is 10.3 Å². The molecule has 5 heteroatoms. The predicted octanol–water partition coefficient (Wildman–Crippen LogP) is 1.95. The summed E-state index contributed by atoms with van der Waals surface area (Å²) in [5.41, 5.74) is 6.55. The lowest BCUT2D eigenvalue weighted by molar-refractivity contribution is 0.200. The van der Waals surface area contributed by atoms with Crippen molar-refractivity contribution < 1.29 is 9.53 Å². The van der Waals surface area contributed by atoms with Crippen LogP contribution >= 0.6 is 0 Å². The number of amides is 1. The lowest BCUT2D eigenvalue weighted by atomic mass is 10.2. The van der Waals surface area contributed by atoms with Crippen LogP contribution in [0.15, 0.2) is 48.7 Å². The fraction of sp³-hybridized carbons (Fsp3) is 0.0769. The first kappa shape index (κ1) is 11.9. The third kappa shape index (κ3) is 3.21. The first-order valence-electron chi connectivity index (χ1n) is 5.46. The van der Waals surface area contributed by atoms with Gasteiger partial charge in [-0.3, -0.25) is 0 Å². The van der Waals surface area contributed by atoms with Crippen LogP contribution in [0.3, 0.4) is 0 Å². The van der Waals surface area contributed by atoms with Gasteiger partial charge in [0, 0.05) is 12.7 Å². The number of nitrogens with two attached hydrogens (primary N) is 1. The topological polar surface area (TPSA) is 77.2 Å². The maximum atomic E-state index is 11.5. The molecule has 1 amide bonds. The first-order valence-corrected chi connectivity index (χ1v) is 5.46. The molecule has 1 aromatic carbocycles. The van der Waals surface area contributed by atoms with Crippen molar-refractivity contribution in [2.45, 2.75) is 6.54 Å². The molecule has 5 nitrogen and oxygen atoms in total. The summed E-state index contributed by atoms with van der Waals surface area (Å²) in [5.74, 6) is 0.440. The average Bonchev–Trinajstić information content (AvgIpc) is 2.40. The third-order valence-electron chi connectivity index (χ3n) is 2.28. The van der Waals surface area contributed by atoms with E-state index in [9.17, 15) is 4.79 Å². The molecule has 0 unspecified atom stereocenters. The average molecular weight is 243 g/mol. The molecule has 18 heavy (non-hydrogen) atoms. The van der Waals surface area contributed by atoms with Crippen molar-refractivity contribution in [1.29, 1.82) is 0 Å². The van der Waals surface area contributed by atoms with Crippen molar-refractivity contribution in [3.63, 3.8) is 0 Å². The van der Waals surface area contributed by atoms with E-state index in [1.807, 2.05) is 30.3 Å². The van der Waals surface area contributed by atoms with Gasteiger partial charge >= 0.3 is 6.09 Å². The van der Waals surface area contributed by atoms with Crippen LogP contribution in [0, 0.1) is 0 Å². The Kier molecular flexibility index (Phi) is 3.76. The molecule has 0 saturated heterocycles. The second kappa shape index (κ2) is 5.67. The summed E-state index contributed by atoms with van der Waals surface area (Å²) < 4.78 is 5.03. The van der Waals surface area contributed by atoms with Crippen LogP contribution in [-0.2, 0) is 6.54 Å². The van der Waals surface area contributed by atoms with E-state index in [4.69, 9.17) is 10.5 Å². The van der Waals surface area contributed by atoms with E-state index in [-0.39, 0.29) is 11.6 Å². The monoisotopic (exact) mass is 243 g/mol. The van der Waals surface area contributed by atoms with Crippen LogP contribution in [0.1, 0.15) is 5.56 Å².